The Morgan fingerprint density at radius 3 is 2.18 bits per heavy atom. The quantitative estimate of drug-likeness (QED) is 0.365. The van der Waals surface area contributed by atoms with E-state index in [1.807, 2.05) is 47.4 Å². The van der Waals surface area contributed by atoms with Crippen molar-refractivity contribution < 1.29 is 19.0 Å². The number of benzene rings is 3. The van der Waals surface area contributed by atoms with Gasteiger partial charge in [0.15, 0.2) is 11.5 Å². The summed E-state index contributed by atoms with van der Waals surface area (Å²) < 4.78 is 16.5. The first-order valence-corrected chi connectivity index (χ1v) is 12.6. The van der Waals surface area contributed by atoms with Gasteiger partial charge < -0.3 is 24.0 Å². The molecule has 0 aliphatic carbocycles. The predicted molar refractivity (Wildman–Crippen MR) is 148 cm³/mol. The summed E-state index contributed by atoms with van der Waals surface area (Å²) in [7, 11) is 6.85. The standard InChI is InChI=1S/C30H32N4O4/c1-33-12-14-34(15-13-33)28(35)16-20-8-10-21(11-9-20)23-6-5-7-24-29(23)32-25(19-31-24)22-17-26(36-2)30(38-4)27(18-22)37-3/h5-11,17-19H,12-16H2,1-4H3. The zero-order chi connectivity index (χ0) is 26.6. The SMILES string of the molecule is COc1cc(-c2cnc3cccc(-c4ccc(CC(=O)N5CCN(C)CC5)cc4)c3n2)cc(OC)c1OC. The van der Waals surface area contributed by atoms with Crippen LogP contribution in [0.1, 0.15) is 5.56 Å². The van der Waals surface area contributed by atoms with E-state index in [1.54, 1.807) is 27.5 Å². The molecule has 1 amide bonds. The molecule has 0 bridgehead atoms. The van der Waals surface area contributed by atoms with Crippen LogP contribution in [0, 0.1) is 0 Å². The molecule has 0 unspecified atom stereocenters. The largest absolute Gasteiger partial charge is 0.493 e. The van der Waals surface area contributed by atoms with Crippen LogP contribution in [0.5, 0.6) is 17.2 Å². The number of likely N-dealkylation sites (N-methyl/N-ethyl adjacent to an activating group) is 1. The molecule has 0 saturated carbocycles. The number of nitrogens with zero attached hydrogens (tertiary/aromatic N) is 4. The van der Waals surface area contributed by atoms with E-state index in [9.17, 15) is 4.79 Å². The Bertz CT molecular complexity index is 1420. The lowest BCUT2D eigenvalue weighted by Crippen LogP contribution is -2.47. The summed E-state index contributed by atoms with van der Waals surface area (Å²) in [6.07, 6.45) is 2.16. The van der Waals surface area contributed by atoms with E-state index < -0.39 is 0 Å². The Hall–Kier alpha value is -4.17. The highest BCUT2D eigenvalue weighted by atomic mass is 16.5. The monoisotopic (exact) mass is 512 g/mol. The number of carbonyl (C=O) groups excluding carboxylic acids is 1. The highest BCUT2D eigenvalue weighted by Gasteiger charge is 2.19. The summed E-state index contributed by atoms with van der Waals surface area (Å²) in [5, 5.41) is 0. The third kappa shape index (κ3) is 5.13. The molecule has 4 aromatic rings. The smallest absolute Gasteiger partial charge is 0.227 e. The lowest BCUT2D eigenvalue weighted by molar-refractivity contribution is -0.132. The van der Waals surface area contributed by atoms with Crippen molar-refractivity contribution in [3.05, 3.63) is 66.4 Å². The van der Waals surface area contributed by atoms with Gasteiger partial charge in [0.25, 0.3) is 0 Å². The topological polar surface area (TPSA) is 77.0 Å². The minimum Gasteiger partial charge on any atom is -0.493 e. The summed E-state index contributed by atoms with van der Waals surface area (Å²) in [4.78, 5) is 26.6. The van der Waals surface area contributed by atoms with E-state index >= 15 is 0 Å². The van der Waals surface area contributed by atoms with E-state index in [0.29, 0.717) is 29.4 Å². The van der Waals surface area contributed by atoms with Gasteiger partial charge in [0.1, 0.15) is 0 Å². The Kier molecular flexibility index (Phi) is 7.42. The van der Waals surface area contributed by atoms with E-state index in [2.05, 4.69) is 29.1 Å². The Morgan fingerprint density at radius 2 is 1.55 bits per heavy atom. The number of methoxy groups -OCH3 is 3. The second-order valence-corrected chi connectivity index (χ2v) is 9.40. The average Bonchev–Trinajstić information content (AvgIpc) is 2.96. The number of ether oxygens (including phenoxy) is 3. The second kappa shape index (κ2) is 11.1. The van der Waals surface area contributed by atoms with E-state index in [4.69, 9.17) is 19.2 Å². The number of amides is 1. The van der Waals surface area contributed by atoms with Crippen LogP contribution in [0.2, 0.25) is 0 Å². The van der Waals surface area contributed by atoms with Crippen LogP contribution in [0.3, 0.4) is 0 Å². The van der Waals surface area contributed by atoms with Gasteiger partial charge in [0, 0.05) is 37.3 Å². The molecule has 196 valence electrons. The fraction of sp³-hybridized carbons (Fsp3) is 0.300. The molecule has 2 heterocycles. The van der Waals surface area contributed by atoms with Crippen molar-refractivity contribution in [2.45, 2.75) is 6.42 Å². The normalized spacial score (nSPS) is 13.9. The maximum atomic E-state index is 12.8. The molecule has 1 aliphatic rings. The number of hydrogen-bond acceptors (Lipinski definition) is 7. The molecule has 38 heavy (non-hydrogen) atoms. The Labute approximate surface area is 222 Å². The highest BCUT2D eigenvalue weighted by Crippen LogP contribution is 2.41. The molecule has 3 aromatic carbocycles. The molecular formula is C30H32N4O4. The fourth-order valence-corrected chi connectivity index (χ4v) is 4.78. The predicted octanol–water partition coefficient (Wildman–Crippen LogP) is 4.31. The molecule has 0 atom stereocenters. The Morgan fingerprint density at radius 1 is 0.868 bits per heavy atom. The number of hydrogen-bond donors (Lipinski definition) is 0. The number of aromatic nitrogens is 2. The summed E-state index contributed by atoms with van der Waals surface area (Å²) in [6.45, 7) is 3.42. The number of piperazine rings is 1. The van der Waals surface area contributed by atoms with Gasteiger partial charge in [-0.25, -0.2) is 4.98 Å². The molecule has 0 spiro atoms. The molecule has 5 rings (SSSR count). The summed E-state index contributed by atoms with van der Waals surface area (Å²) in [5.41, 5.74) is 6.08. The molecule has 0 radical (unpaired) electrons. The van der Waals surface area contributed by atoms with Crippen LogP contribution in [-0.2, 0) is 11.2 Å². The lowest BCUT2D eigenvalue weighted by atomic mass is 10.0. The minimum absolute atomic E-state index is 0.178. The molecule has 8 nitrogen and oxygen atoms in total. The lowest BCUT2D eigenvalue weighted by Gasteiger charge is -2.32. The van der Waals surface area contributed by atoms with Gasteiger partial charge in [-0.1, -0.05) is 36.4 Å². The van der Waals surface area contributed by atoms with Crippen LogP contribution in [0.4, 0.5) is 0 Å². The van der Waals surface area contributed by atoms with Crippen molar-refractivity contribution in [2.24, 2.45) is 0 Å². The van der Waals surface area contributed by atoms with Crippen LogP contribution >= 0.6 is 0 Å². The van der Waals surface area contributed by atoms with Gasteiger partial charge in [-0.2, -0.15) is 0 Å². The first kappa shape index (κ1) is 25.5. The van der Waals surface area contributed by atoms with Crippen molar-refractivity contribution in [2.75, 3.05) is 54.6 Å². The molecule has 8 heteroatoms. The fourth-order valence-electron chi connectivity index (χ4n) is 4.78. The van der Waals surface area contributed by atoms with Crippen LogP contribution in [-0.4, -0.2) is 80.2 Å². The second-order valence-electron chi connectivity index (χ2n) is 9.40. The number of carbonyl (C=O) groups is 1. The van der Waals surface area contributed by atoms with Crippen molar-refractivity contribution in [1.29, 1.82) is 0 Å². The van der Waals surface area contributed by atoms with Gasteiger partial charge in [0.05, 0.1) is 50.7 Å². The van der Waals surface area contributed by atoms with E-state index in [1.165, 1.54) is 0 Å². The zero-order valence-electron chi connectivity index (χ0n) is 22.2. The zero-order valence-corrected chi connectivity index (χ0v) is 22.2. The summed E-state index contributed by atoms with van der Waals surface area (Å²) in [6, 6.07) is 17.9. The first-order valence-electron chi connectivity index (χ1n) is 12.6. The van der Waals surface area contributed by atoms with Crippen molar-refractivity contribution in [3.8, 4) is 39.6 Å². The molecule has 1 fully saturated rings. The number of fused-ring (bicyclic) bond motifs is 1. The Balaban J connectivity index is 1.44. The number of para-hydroxylation sites is 1. The average molecular weight is 513 g/mol. The van der Waals surface area contributed by atoms with Gasteiger partial charge in [-0.15, -0.1) is 0 Å². The molecule has 1 saturated heterocycles. The molecule has 0 N–H and O–H groups in total. The molecule has 1 aliphatic heterocycles. The van der Waals surface area contributed by atoms with Gasteiger partial charge in [-0.3, -0.25) is 9.78 Å². The summed E-state index contributed by atoms with van der Waals surface area (Å²) in [5.74, 6) is 1.81. The first-order chi connectivity index (χ1) is 18.5. The maximum absolute atomic E-state index is 12.8. The van der Waals surface area contributed by atoms with E-state index in [-0.39, 0.29) is 5.91 Å². The van der Waals surface area contributed by atoms with Crippen LogP contribution in [0.25, 0.3) is 33.4 Å². The van der Waals surface area contributed by atoms with E-state index in [0.717, 1.165) is 59.5 Å². The van der Waals surface area contributed by atoms with Crippen LogP contribution in [0.15, 0.2) is 60.8 Å². The third-order valence-electron chi connectivity index (χ3n) is 7.01. The maximum Gasteiger partial charge on any atom is 0.227 e. The van der Waals surface area contributed by atoms with Gasteiger partial charge in [-0.05, 0) is 36.4 Å². The van der Waals surface area contributed by atoms with Crippen molar-refractivity contribution >= 4 is 16.9 Å². The highest BCUT2D eigenvalue weighted by molar-refractivity contribution is 5.92. The van der Waals surface area contributed by atoms with Crippen LogP contribution < -0.4 is 14.2 Å². The summed E-state index contributed by atoms with van der Waals surface area (Å²) >= 11 is 0. The molecule has 1 aromatic heterocycles. The van der Waals surface area contributed by atoms with Crippen molar-refractivity contribution in [1.82, 2.24) is 19.8 Å². The minimum atomic E-state index is 0.178. The third-order valence-corrected chi connectivity index (χ3v) is 7.01. The van der Waals surface area contributed by atoms with Gasteiger partial charge >= 0.3 is 0 Å². The number of rotatable bonds is 7. The van der Waals surface area contributed by atoms with Gasteiger partial charge in [0.2, 0.25) is 11.7 Å². The van der Waals surface area contributed by atoms with Crippen molar-refractivity contribution in [3.63, 3.8) is 0 Å². The molecular weight excluding hydrogens is 480 g/mol.